The molecule has 0 aromatic carbocycles. The summed E-state index contributed by atoms with van der Waals surface area (Å²) >= 11 is 0. The molecule has 8 nitrogen and oxygen atoms in total. The second-order valence-corrected chi connectivity index (χ2v) is 7.71. The van der Waals surface area contributed by atoms with Crippen LogP contribution in [0.25, 0.3) is 0 Å². The van der Waals surface area contributed by atoms with Gasteiger partial charge in [-0.05, 0) is 31.1 Å². The van der Waals surface area contributed by atoms with Crippen molar-refractivity contribution in [1.82, 2.24) is 15.5 Å². The van der Waals surface area contributed by atoms with E-state index in [0.717, 1.165) is 24.2 Å². The molecule has 4 amide bonds. The highest BCUT2D eigenvalue weighted by atomic mass is 16.5. The fourth-order valence-corrected chi connectivity index (χ4v) is 3.90. The van der Waals surface area contributed by atoms with E-state index in [2.05, 4.69) is 24.5 Å². The average molecular weight is 381 g/mol. The van der Waals surface area contributed by atoms with Crippen LogP contribution in [-0.4, -0.2) is 53.4 Å². The highest BCUT2D eigenvalue weighted by molar-refractivity contribution is 6.08. The van der Waals surface area contributed by atoms with Crippen molar-refractivity contribution in [2.24, 2.45) is 11.8 Å². The molecule has 2 aliphatic rings. The van der Waals surface area contributed by atoms with Crippen LogP contribution in [-0.2, 0) is 19.1 Å². The van der Waals surface area contributed by atoms with E-state index in [9.17, 15) is 19.2 Å². The fraction of sp³-hybridized carbons (Fsp3) is 0.789. The van der Waals surface area contributed by atoms with Crippen LogP contribution in [0.4, 0.5) is 4.79 Å². The lowest BCUT2D eigenvalue weighted by atomic mass is 9.78. The van der Waals surface area contributed by atoms with E-state index in [0.29, 0.717) is 24.7 Å². The van der Waals surface area contributed by atoms with Crippen LogP contribution in [0, 0.1) is 11.8 Å². The minimum absolute atomic E-state index is 0.0839. The van der Waals surface area contributed by atoms with Crippen molar-refractivity contribution >= 4 is 23.8 Å². The molecule has 0 bridgehead atoms. The van der Waals surface area contributed by atoms with Crippen LogP contribution in [0.3, 0.4) is 0 Å². The molecule has 1 aliphatic heterocycles. The van der Waals surface area contributed by atoms with Gasteiger partial charge in [-0.2, -0.15) is 0 Å². The third kappa shape index (κ3) is 4.59. The maximum absolute atomic E-state index is 12.5. The Labute approximate surface area is 160 Å². The standard InChI is InChI=1S/C19H31N3O5/c1-5-19(6-2)17(25)22(18(26)21-19)10-16(24)27-11-15(23)20-14-9-7-8-12(3)13(14)4/h12-14H,5-11H2,1-4H3,(H,20,23)(H,21,26)/t12-,13+,14+/m1/s1. The molecular weight excluding hydrogens is 350 g/mol. The molecule has 0 aromatic rings. The van der Waals surface area contributed by atoms with E-state index < -0.39 is 36.6 Å². The Morgan fingerprint density at radius 2 is 1.89 bits per heavy atom. The number of esters is 1. The van der Waals surface area contributed by atoms with Crippen LogP contribution in [0.5, 0.6) is 0 Å². The number of ether oxygens (including phenoxy) is 1. The van der Waals surface area contributed by atoms with Gasteiger partial charge in [0, 0.05) is 6.04 Å². The molecule has 1 saturated heterocycles. The van der Waals surface area contributed by atoms with Crippen LogP contribution in [0.1, 0.15) is 59.8 Å². The first-order chi connectivity index (χ1) is 12.7. The summed E-state index contributed by atoms with van der Waals surface area (Å²) in [7, 11) is 0. The highest BCUT2D eigenvalue weighted by Crippen LogP contribution is 2.29. The predicted octanol–water partition coefficient (Wildman–Crippen LogP) is 1.58. The van der Waals surface area contributed by atoms with Gasteiger partial charge < -0.3 is 15.4 Å². The smallest absolute Gasteiger partial charge is 0.326 e. The van der Waals surface area contributed by atoms with Crippen molar-refractivity contribution in [1.29, 1.82) is 0 Å². The third-order valence-electron chi connectivity index (χ3n) is 6.16. The molecule has 8 heteroatoms. The summed E-state index contributed by atoms with van der Waals surface area (Å²) in [4.78, 5) is 49.4. The zero-order valence-corrected chi connectivity index (χ0v) is 16.7. The van der Waals surface area contributed by atoms with Gasteiger partial charge in [-0.1, -0.05) is 40.5 Å². The Morgan fingerprint density at radius 3 is 2.48 bits per heavy atom. The molecule has 2 rings (SSSR count). The molecule has 27 heavy (non-hydrogen) atoms. The topological polar surface area (TPSA) is 105 Å². The summed E-state index contributed by atoms with van der Waals surface area (Å²) in [5, 5.41) is 5.57. The molecule has 0 spiro atoms. The number of hydrogen-bond donors (Lipinski definition) is 2. The van der Waals surface area contributed by atoms with Crippen LogP contribution >= 0.6 is 0 Å². The number of carbonyl (C=O) groups is 4. The number of amides is 4. The summed E-state index contributed by atoms with van der Waals surface area (Å²) in [6, 6.07) is -0.518. The van der Waals surface area contributed by atoms with Gasteiger partial charge in [0.25, 0.3) is 11.8 Å². The van der Waals surface area contributed by atoms with Gasteiger partial charge in [0.2, 0.25) is 0 Å². The number of nitrogens with one attached hydrogen (secondary N) is 2. The SMILES string of the molecule is CCC1(CC)NC(=O)N(CC(=O)OCC(=O)N[C@H]2CCC[C@@H](C)[C@@H]2C)C1=O. The molecule has 1 heterocycles. The summed E-state index contributed by atoms with van der Waals surface area (Å²) < 4.78 is 4.98. The third-order valence-corrected chi connectivity index (χ3v) is 6.16. The number of rotatable bonds is 7. The van der Waals surface area contributed by atoms with Gasteiger partial charge in [0.1, 0.15) is 12.1 Å². The van der Waals surface area contributed by atoms with E-state index in [4.69, 9.17) is 4.74 Å². The number of imide groups is 1. The first-order valence-electron chi connectivity index (χ1n) is 9.83. The maximum Gasteiger partial charge on any atom is 0.326 e. The van der Waals surface area contributed by atoms with E-state index in [1.54, 1.807) is 13.8 Å². The Hall–Kier alpha value is -2.12. The summed E-state index contributed by atoms with van der Waals surface area (Å²) in [6.45, 7) is 7.01. The molecule has 0 aromatic heterocycles. The predicted molar refractivity (Wildman–Crippen MR) is 98.6 cm³/mol. The average Bonchev–Trinajstić information content (AvgIpc) is 2.88. The van der Waals surface area contributed by atoms with Crippen molar-refractivity contribution in [3.05, 3.63) is 0 Å². The number of urea groups is 1. The van der Waals surface area contributed by atoms with Crippen molar-refractivity contribution in [3.63, 3.8) is 0 Å². The molecule has 0 unspecified atom stereocenters. The number of nitrogens with zero attached hydrogens (tertiary/aromatic N) is 1. The van der Waals surface area contributed by atoms with Crippen LogP contribution in [0.15, 0.2) is 0 Å². The van der Waals surface area contributed by atoms with Gasteiger partial charge >= 0.3 is 12.0 Å². The Morgan fingerprint density at radius 1 is 1.22 bits per heavy atom. The zero-order valence-electron chi connectivity index (χ0n) is 16.7. The van der Waals surface area contributed by atoms with Gasteiger partial charge in [0.15, 0.2) is 6.61 Å². The van der Waals surface area contributed by atoms with Gasteiger partial charge in [0.05, 0.1) is 0 Å². The summed E-state index contributed by atoms with van der Waals surface area (Å²) in [6.07, 6.45) is 4.04. The minimum atomic E-state index is -0.956. The van der Waals surface area contributed by atoms with E-state index in [1.807, 2.05) is 0 Å². The first-order valence-corrected chi connectivity index (χ1v) is 9.83. The van der Waals surface area contributed by atoms with E-state index in [-0.39, 0.29) is 11.9 Å². The second-order valence-electron chi connectivity index (χ2n) is 7.71. The molecule has 0 radical (unpaired) electrons. The normalized spacial score (nSPS) is 27.3. The van der Waals surface area contributed by atoms with Gasteiger partial charge in [-0.3, -0.25) is 19.3 Å². The molecule has 1 saturated carbocycles. The van der Waals surface area contributed by atoms with Crippen molar-refractivity contribution < 1.29 is 23.9 Å². The van der Waals surface area contributed by atoms with Crippen molar-refractivity contribution in [3.8, 4) is 0 Å². The molecular formula is C19H31N3O5. The lowest BCUT2D eigenvalue weighted by Gasteiger charge is -2.34. The highest BCUT2D eigenvalue weighted by Gasteiger charge is 2.49. The maximum atomic E-state index is 12.5. The van der Waals surface area contributed by atoms with Crippen molar-refractivity contribution in [2.45, 2.75) is 71.4 Å². The fourth-order valence-electron chi connectivity index (χ4n) is 3.90. The Kier molecular flexibility index (Phi) is 6.84. The molecule has 2 fully saturated rings. The van der Waals surface area contributed by atoms with E-state index >= 15 is 0 Å². The molecule has 152 valence electrons. The first kappa shape index (κ1) is 21.2. The zero-order chi connectivity index (χ0) is 20.2. The van der Waals surface area contributed by atoms with Crippen LogP contribution < -0.4 is 10.6 Å². The lowest BCUT2D eigenvalue weighted by Crippen LogP contribution is -2.46. The van der Waals surface area contributed by atoms with E-state index in [1.165, 1.54) is 0 Å². The summed E-state index contributed by atoms with van der Waals surface area (Å²) in [5.74, 6) is -0.641. The van der Waals surface area contributed by atoms with Gasteiger partial charge in [-0.25, -0.2) is 4.79 Å². The monoisotopic (exact) mass is 381 g/mol. The second kappa shape index (κ2) is 8.71. The number of hydrogen-bond acceptors (Lipinski definition) is 5. The Balaban J connectivity index is 1.81. The van der Waals surface area contributed by atoms with Crippen molar-refractivity contribution in [2.75, 3.05) is 13.2 Å². The molecule has 3 atom stereocenters. The quantitative estimate of drug-likeness (QED) is 0.515. The largest absolute Gasteiger partial charge is 0.454 e. The summed E-state index contributed by atoms with van der Waals surface area (Å²) in [5.41, 5.74) is -0.956. The van der Waals surface area contributed by atoms with Gasteiger partial charge in [-0.15, -0.1) is 0 Å². The number of carbonyl (C=O) groups excluding carboxylic acids is 4. The molecule has 2 N–H and O–H groups in total. The van der Waals surface area contributed by atoms with Crippen LogP contribution in [0.2, 0.25) is 0 Å². The molecule has 1 aliphatic carbocycles. The Bertz CT molecular complexity index is 602. The lowest BCUT2D eigenvalue weighted by molar-refractivity contribution is -0.151. The minimum Gasteiger partial charge on any atom is -0.454 e.